The lowest BCUT2D eigenvalue weighted by Gasteiger charge is -2.27. The lowest BCUT2D eigenvalue weighted by Crippen LogP contribution is -2.44. The molecule has 1 fully saturated rings. The number of imide groups is 1. The second-order valence-corrected chi connectivity index (χ2v) is 8.99. The monoisotopic (exact) mass is 469 g/mol. The summed E-state index contributed by atoms with van der Waals surface area (Å²) in [5.41, 5.74) is 3.20. The number of benzene rings is 2. The average molecular weight is 469 g/mol. The maximum absolute atomic E-state index is 13.5. The zero-order chi connectivity index (χ0) is 24.2. The number of Topliss-reactive ketones (excluding diaryl/α,β-unsaturated/α-hetero) is 1. The minimum atomic E-state index is -1.36. The smallest absolute Gasteiger partial charge is 0.322 e. The summed E-state index contributed by atoms with van der Waals surface area (Å²) in [6.45, 7) is 0.367. The third kappa shape index (κ3) is 3.58. The number of aromatic nitrogens is 1. The Morgan fingerprint density at radius 3 is 2.63 bits per heavy atom. The first-order valence-electron chi connectivity index (χ1n) is 11.3. The van der Waals surface area contributed by atoms with Crippen molar-refractivity contribution in [2.24, 2.45) is 5.92 Å². The van der Waals surface area contributed by atoms with Gasteiger partial charge in [-0.2, -0.15) is 0 Å². The molecule has 0 saturated carbocycles. The Labute approximate surface area is 200 Å². The van der Waals surface area contributed by atoms with E-state index in [4.69, 9.17) is 4.74 Å². The molecule has 2 N–H and O–H groups in total. The molecule has 6 rings (SSSR count). The van der Waals surface area contributed by atoms with Gasteiger partial charge in [0.1, 0.15) is 23.7 Å². The van der Waals surface area contributed by atoms with E-state index in [2.05, 4.69) is 15.6 Å². The number of hydrogen-bond donors (Lipinski definition) is 2. The highest BCUT2D eigenvalue weighted by Gasteiger charge is 2.55. The van der Waals surface area contributed by atoms with Gasteiger partial charge in [0.2, 0.25) is 0 Å². The van der Waals surface area contributed by atoms with Crippen molar-refractivity contribution in [1.29, 1.82) is 0 Å². The molecule has 2 aromatic carbocycles. The van der Waals surface area contributed by atoms with E-state index in [9.17, 15) is 18.8 Å². The van der Waals surface area contributed by atoms with Crippen LogP contribution in [0.5, 0.6) is 5.75 Å². The normalized spacial score (nSPS) is 22.3. The molecular formula is C27H20FN3O4. The Hall–Kier alpha value is -4.33. The third-order valence-corrected chi connectivity index (χ3v) is 6.90. The molecule has 8 heteroatoms. The van der Waals surface area contributed by atoms with Gasteiger partial charge in [-0.1, -0.05) is 23.8 Å². The van der Waals surface area contributed by atoms with Gasteiger partial charge >= 0.3 is 6.03 Å². The number of nitrogens with one attached hydrogen (secondary N) is 2. The van der Waals surface area contributed by atoms with Crippen LogP contribution in [0.3, 0.4) is 0 Å². The summed E-state index contributed by atoms with van der Waals surface area (Å²) >= 11 is 0. The van der Waals surface area contributed by atoms with E-state index in [0.717, 1.165) is 16.7 Å². The number of amides is 3. The molecule has 2 atom stereocenters. The van der Waals surface area contributed by atoms with E-state index in [1.54, 1.807) is 24.5 Å². The first-order valence-corrected chi connectivity index (χ1v) is 11.3. The molecule has 3 aliphatic rings. The Balaban J connectivity index is 1.22. The highest BCUT2D eigenvalue weighted by Crippen LogP contribution is 2.53. The van der Waals surface area contributed by atoms with Gasteiger partial charge in [0.05, 0.1) is 0 Å². The first-order chi connectivity index (χ1) is 16.9. The number of ether oxygens (including phenoxy) is 1. The number of hydrogen-bond acceptors (Lipinski definition) is 5. The van der Waals surface area contributed by atoms with Gasteiger partial charge in [-0.25, -0.2) is 9.18 Å². The van der Waals surface area contributed by atoms with Crippen LogP contribution in [0.2, 0.25) is 0 Å². The highest BCUT2D eigenvalue weighted by molar-refractivity contribution is 6.16. The fraction of sp³-hybridized carbons (Fsp3) is 0.185. The summed E-state index contributed by atoms with van der Waals surface area (Å²) in [6, 6.07) is 14.1. The maximum atomic E-state index is 13.5. The Morgan fingerprint density at radius 2 is 1.91 bits per heavy atom. The first kappa shape index (κ1) is 21.2. The van der Waals surface area contributed by atoms with Crippen LogP contribution in [0.4, 0.5) is 9.18 Å². The molecule has 2 heterocycles. The SMILES string of the molecule is O=C1NC(=O)[C@](CC2C3=C2C(=O)c2ccc(OCc4cccnc4)cc2C3)(c2ccc(F)cc2)N1. The number of nitrogens with zero attached hydrogens (tertiary/aromatic N) is 1. The number of ketones is 1. The van der Waals surface area contributed by atoms with Crippen LogP contribution in [-0.2, 0) is 23.4 Å². The Kier molecular flexibility index (Phi) is 4.77. The maximum Gasteiger partial charge on any atom is 0.322 e. The number of halogens is 1. The predicted molar refractivity (Wildman–Crippen MR) is 123 cm³/mol. The zero-order valence-electron chi connectivity index (χ0n) is 18.5. The highest BCUT2D eigenvalue weighted by atomic mass is 19.1. The van der Waals surface area contributed by atoms with Crippen molar-refractivity contribution in [3.63, 3.8) is 0 Å². The van der Waals surface area contributed by atoms with E-state index in [1.165, 1.54) is 24.3 Å². The van der Waals surface area contributed by atoms with Crippen molar-refractivity contribution in [2.45, 2.75) is 25.0 Å². The van der Waals surface area contributed by atoms with Gasteiger partial charge in [0.25, 0.3) is 5.91 Å². The third-order valence-electron chi connectivity index (χ3n) is 6.90. The second kappa shape index (κ2) is 7.87. The van der Waals surface area contributed by atoms with E-state index in [1.807, 2.05) is 18.2 Å². The van der Waals surface area contributed by atoms with Crippen molar-refractivity contribution in [1.82, 2.24) is 15.6 Å². The number of carbonyl (C=O) groups is 3. The molecule has 3 aromatic rings. The van der Waals surface area contributed by atoms with Crippen molar-refractivity contribution in [3.8, 4) is 5.75 Å². The molecule has 1 saturated heterocycles. The van der Waals surface area contributed by atoms with E-state index >= 15 is 0 Å². The lowest BCUT2D eigenvalue weighted by molar-refractivity contribution is -0.124. The van der Waals surface area contributed by atoms with Crippen LogP contribution in [0, 0.1) is 11.7 Å². The molecule has 174 valence electrons. The average Bonchev–Trinajstić information content (AvgIpc) is 3.45. The fourth-order valence-corrected chi connectivity index (χ4v) is 5.09. The molecule has 1 aliphatic heterocycles. The van der Waals surface area contributed by atoms with E-state index in [-0.39, 0.29) is 18.1 Å². The minimum absolute atomic E-state index is 0.0657. The summed E-state index contributed by atoms with van der Waals surface area (Å²) < 4.78 is 19.4. The van der Waals surface area contributed by atoms with Crippen molar-refractivity contribution >= 4 is 17.7 Å². The zero-order valence-corrected chi connectivity index (χ0v) is 18.5. The van der Waals surface area contributed by atoms with Gasteiger partial charge in [-0.3, -0.25) is 19.9 Å². The summed E-state index contributed by atoms with van der Waals surface area (Å²) in [5, 5.41) is 5.02. The summed E-state index contributed by atoms with van der Waals surface area (Å²) in [4.78, 5) is 42.2. The van der Waals surface area contributed by atoms with Gasteiger partial charge in [-0.05, 0) is 60.4 Å². The number of fused-ring (bicyclic) bond motifs is 1. The van der Waals surface area contributed by atoms with Gasteiger partial charge in [-0.15, -0.1) is 0 Å². The lowest BCUT2D eigenvalue weighted by atomic mass is 9.83. The molecule has 0 bridgehead atoms. The van der Waals surface area contributed by atoms with E-state index in [0.29, 0.717) is 35.5 Å². The van der Waals surface area contributed by atoms with Crippen LogP contribution in [0.15, 0.2) is 78.1 Å². The van der Waals surface area contributed by atoms with Crippen molar-refractivity contribution < 1.29 is 23.5 Å². The summed E-state index contributed by atoms with van der Waals surface area (Å²) in [7, 11) is 0. The molecule has 2 aliphatic carbocycles. The molecule has 3 amide bonds. The number of rotatable bonds is 6. The molecule has 7 nitrogen and oxygen atoms in total. The van der Waals surface area contributed by atoms with Crippen LogP contribution < -0.4 is 15.4 Å². The molecule has 35 heavy (non-hydrogen) atoms. The van der Waals surface area contributed by atoms with Crippen molar-refractivity contribution in [2.75, 3.05) is 0 Å². The molecule has 0 radical (unpaired) electrons. The van der Waals surface area contributed by atoms with Crippen molar-refractivity contribution in [3.05, 3.63) is 106 Å². The molecular weight excluding hydrogens is 449 g/mol. The topological polar surface area (TPSA) is 97.4 Å². The Bertz CT molecular complexity index is 1420. The molecule has 0 spiro atoms. The second-order valence-electron chi connectivity index (χ2n) is 8.99. The predicted octanol–water partition coefficient (Wildman–Crippen LogP) is 3.59. The van der Waals surface area contributed by atoms with Crippen LogP contribution in [0.25, 0.3) is 0 Å². The van der Waals surface area contributed by atoms with Gasteiger partial charge < -0.3 is 10.1 Å². The summed E-state index contributed by atoms with van der Waals surface area (Å²) in [6.07, 6.45) is 4.21. The van der Waals surface area contributed by atoms with Gasteiger partial charge in [0, 0.05) is 35.0 Å². The van der Waals surface area contributed by atoms with Gasteiger partial charge in [0.15, 0.2) is 5.78 Å². The number of carbonyl (C=O) groups excluding carboxylic acids is 3. The number of allylic oxidation sites excluding steroid dienone is 2. The Morgan fingerprint density at radius 1 is 1.09 bits per heavy atom. The quantitative estimate of drug-likeness (QED) is 0.538. The number of urea groups is 1. The van der Waals surface area contributed by atoms with Crippen LogP contribution in [-0.4, -0.2) is 22.7 Å². The number of pyridine rings is 1. The minimum Gasteiger partial charge on any atom is -0.489 e. The standard InChI is InChI=1S/C27H20FN3O4/c28-18-5-3-17(4-6-18)27(25(33)30-26(34)31-27)12-22-21-11-16-10-19(7-8-20(16)24(32)23(21)22)35-14-15-2-1-9-29-13-15/h1-10,13,22H,11-12,14H2,(H2,30,31,33,34)/t22?,27-/m0/s1. The van der Waals surface area contributed by atoms with Crippen LogP contribution >= 0.6 is 0 Å². The molecule has 1 unspecified atom stereocenters. The summed E-state index contributed by atoms with van der Waals surface area (Å²) in [5.74, 6) is -0.598. The fourth-order valence-electron chi connectivity index (χ4n) is 5.09. The molecule has 1 aromatic heterocycles. The van der Waals surface area contributed by atoms with E-state index < -0.39 is 23.3 Å². The van der Waals surface area contributed by atoms with Crippen LogP contribution in [0.1, 0.15) is 33.5 Å². The largest absolute Gasteiger partial charge is 0.489 e.